The van der Waals surface area contributed by atoms with E-state index < -0.39 is 0 Å². The number of aryl methyl sites for hydroxylation is 1. The first-order chi connectivity index (χ1) is 8.63. The van der Waals surface area contributed by atoms with Crippen LogP contribution >= 0.6 is 12.2 Å². The van der Waals surface area contributed by atoms with E-state index in [0.717, 1.165) is 5.82 Å². The van der Waals surface area contributed by atoms with Gasteiger partial charge in [0.25, 0.3) is 0 Å². The third-order valence-electron chi connectivity index (χ3n) is 2.55. The summed E-state index contributed by atoms with van der Waals surface area (Å²) in [4.78, 5) is 0. The summed E-state index contributed by atoms with van der Waals surface area (Å²) >= 11 is 5.08. The van der Waals surface area contributed by atoms with Gasteiger partial charge in [-0.05, 0) is 25.2 Å². The second kappa shape index (κ2) is 5.22. The maximum absolute atomic E-state index is 13.6. The lowest BCUT2D eigenvalue weighted by atomic mass is 10.1. The third kappa shape index (κ3) is 2.38. The number of nitrogens with zero attached hydrogens (tertiary/aromatic N) is 3. The number of nitrogens with one attached hydrogen (secondary N) is 1. The first kappa shape index (κ1) is 12.6. The predicted molar refractivity (Wildman–Crippen MR) is 70.8 cm³/mol. The maximum atomic E-state index is 13.6. The fourth-order valence-electron chi connectivity index (χ4n) is 1.61. The molecule has 2 aromatic rings. The lowest BCUT2D eigenvalue weighted by Gasteiger charge is -2.03. The maximum Gasteiger partial charge on any atom is 0.216 e. The Kier molecular flexibility index (Phi) is 3.66. The zero-order chi connectivity index (χ0) is 13.1. The highest BCUT2D eigenvalue weighted by Crippen LogP contribution is 2.09. The molecule has 0 aliphatic carbocycles. The molecule has 0 amide bonds. The van der Waals surface area contributed by atoms with Crippen LogP contribution in [-0.4, -0.2) is 20.6 Å². The molecule has 0 unspecified atom stereocenters. The van der Waals surface area contributed by atoms with Crippen molar-refractivity contribution >= 4 is 17.9 Å². The van der Waals surface area contributed by atoms with Gasteiger partial charge < -0.3 is 0 Å². The summed E-state index contributed by atoms with van der Waals surface area (Å²) in [6.45, 7) is 3.70. The van der Waals surface area contributed by atoms with Crippen molar-refractivity contribution in [2.45, 2.75) is 20.3 Å². The molecule has 0 saturated heterocycles. The smallest absolute Gasteiger partial charge is 0.216 e. The fourth-order valence-corrected chi connectivity index (χ4v) is 1.81. The first-order valence-electron chi connectivity index (χ1n) is 5.60. The lowest BCUT2D eigenvalue weighted by Crippen LogP contribution is -2.04. The van der Waals surface area contributed by atoms with E-state index in [4.69, 9.17) is 12.2 Å². The highest BCUT2D eigenvalue weighted by Gasteiger charge is 2.07. The normalized spacial score (nSPS) is 11.8. The van der Waals surface area contributed by atoms with Crippen LogP contribution in [0.25, 0.3) is 0 Å². The van der Waals surface area contributed by atoms with Gasteiger partial charge in [0.15, 0.2) is 5.82 Å². The van der Waals surface area contributed by atoms with Crippen molar-refractivity contribution in [1.29, 1.82) is 0 Å². The molecule has 1 heterocycles. The van der Waals surface area contributed by atoms with Crippen LogP contribution < -0.4 is 0 Å². The summed E-state index contributed by atoms with van der Waals surface area (Å²) in [5, 5.41) is 11.0. The molecule has 4 nitrogen and oxygen atoms in total. The van der Waals surface area contributed by atoms with E-state index >= 15 is 0 Å². The summed E-state index contributed by atoms with van der Waals surface area (Å²) < 4.78 is 15.5. The van der Waals surface area contributed by atoms with Gasteiger partial charge in [-0.3, -0.25) is 5.10 Å². The Balaban J connectivity index is 2.48. The highest BCUT2D eigenvalue weighted by molar-refractivity contribution is 7.71. The van der Waals surface area contributed by atoms with Crippen LogP contribution in [0.5, 0.6) is 0 Å². The number of halogens is 1. The number of benzene rings is 1. The van der Waals surface area contributed by atoms with Gasteiger partial charge in [-0.1, -0.05) is 25.1 Å². The van der Waals surface area contributed by atoms with Crippen LogP contribution in [-0.2, 0) is 6.42 Å². The monoisotopic (exact) mass is 264 g/mol. The minimum Gasteiger partial charge on any atom is -0.250 e. The summed E-state index contributed by atoms with van der Waals surface area (Å²) in [5.74, 6) is 0.419. The molecule has 2 rings (SSSR count). The zero-order valence-corrected chi connectivity index (χ0v) is 11.0. The van der Waals surface area contributed by atoms with Crippen LogP contribution in [0.2, 0.25) is 0 Å². The van der Waals surface area contributed by atoms with E-state index in [-0.39, 0.29) is 5.82 Å². The molecule has 0 aliphatic rings. The summed E-state index contributed by atoms with van der Waals surface area (Å²) in [5.41, 5.74) is 1.02. The second-order valence-electron chi connectivity index (χ2n) is 3.78. The predicted octanol–water partition coefficient (Wildman–Crippen LogP) is 2.91. The number of rotatable bonds is 3. The number of hydrogen-bond acceptors (Lipinski definition) is 3. The third-order valence-corrected chi connectivity index (χ3v) is 2.81. The summed E-state index contributed by atoms with van der Waals surface area (Å²) in [7, 11) is 0. The Morgan fingerprint density at radius 1 is 1.50 bits per heavy atom. The molecule has 1 N–H and O–H groups in total. The van der Waals surface area contributed by atoms with Crippen molar-refractivity contribution in [1.82, 2.24) is 14.9 Å². The minimum atomic E-state index is -0.299. The minimum absolute atomic E-state index is 0.299. The van der Waals surface area contributed by atoms with Gasteiger partial charge in [-0.15, -0.1) is 0 Å². The molecule has 0 aliphatic heterocycles. The van der Waals surface area contributed by atoms with Gasteiger partial charge in [-0.25, -0.2) is 4.39 Å². The number of aromatic amines is 1. The average molecular weight is 264 g/mol. The van der Waals surface area contributed by atoms with Gasteiger partial charge in [0, 0.05) is 12.0 Å². The van der Waals surface area contributed by atoms with Gasteiger partial charge in [0.05, 0.1) is 5.71 Å². The Morgan fingerprint density at radius 2 is 2.22 bits per heavy atom. The standard InChI is InChI=1S/C12H13FN4S/c1-3-11-14-15-12(18)17(11)16-8(2)9-6-4-5-7-10(9)13/h4-7H,3H2,1-2H3,(H,15,18)/b16-8+. The van der Waals surface area contributed by atoms with E-state index in [9.17, 15) is 4.39 Å². The number of H-pyrrole nitrogens is 1. The quantitative estimate of drug-likeness (QED) is 0.684. The van der Waals surface area contributed by atoms with Crippen LogP contribution in [0.15, 0.2) is 29.4 Å². The van der Waals surface area contributed by atoms with Gasteiger partial charge in [0.1, 0.15) is 5.82 Å². The Morgan fingerprint density at radius 3 is 2.89 bits per heavy atom. The fraction of sp³-hybridized carbons (Fsp3) is 0.250. The van der Waals surface area contributed by atoms with Gasteiger partial charge >= 0.3 is 0 Å². The van der Waals surface area contributed by atoms with Gasteiger partial charge in [0.2, 0.25) is 4.77 Å². The molecule has 0 saturated carbocycles. The number of hydrogen-bond donors (Lipinski definition) is 1. The molecule has 6 heteroatoms. The molecule has 1 aromatic heterocycles. The molecule has 0 radical (unpaired) electrons. The van der Waals surface area contributed by atoms with Crippen molar-refractivity contribution in [3.63, 3.8) is 0 Å². The lowest BCUT2D eigenvalue weighted by molar-refractivity contribution is 0.624. The summed E-state index contributed by atoms with van der Waals surface area (Å²) in [6, 6.07) is 6.51. The molecule has 0 atom stereocenters. The molecular formula is C12H13FN4S. The van der Waals surface area contributed by atoms with Crippen LogP contribution in [0, 0.1) is 10.6 Å². The van der Waals surface area contributed by atoms with Crippen LogP contribution in [0.1, 0.15) is 25.2 Å². The number of aromatic nitrogens is 3. The molecule has 18 heavy (non-hydrogen) atoms. The van der Waals surface area contributed by atoms with E-state index in [1.54, 1.807) is 25.1 Å². The Labute approximate surface area is 109 Å². The van der Waals surface area contributed by atoms with E-state index in [2.05, 4.69) is 15.3 Å². The topological polar surface area (TPSA) is 46.0 Å². The van der Waals surface area contributed by atoms with Crippen molar-refractivity contribution < 1.29 is 4.39 Å². The van der Waals surface area contributed by atoms with Crippen LogP contribution in [0.4, 0.5) is 4.39 Å². The Hall–Kier alpha value is -1.82. The SMILES string of the molecule is CCc1n[nH]c(=S)n1/N=C(\C)c1ccccc1F. The van der Waals surface area contributed by atoms with Crippen LogP contribution in [0.3, 0.4) is 0 Å². The molecule has 0 fully saturated rings. The Bertz CT molecular complexity index is 642. The van der Waals surface area contributed by atoms with Crippen molar-refractivity contribution in [2.24, 2.45) is 5.10 Å². The van der Waals surface area contributed by atoms with E-state index in [1.165, 1.54) is 10.7 Å². The van der Waals surface area contributed by atoms with Crippen molar-refractivity contribution in [2.75, 3.05) is 0 Å². The largest absolute Gasteiger partial charge is 0.250 e. The van der Waals surface area contributed by atoms with E-state index in [0.29, 0.717) is 22.5 Å². The van der Waals surface area contributed by atoms with Crippen molar-refractivity contribution in [3.8, 4) is 0 Å². The first-order valence-corrected chi connectivity index (χ1v) is 6.01. The molecular weight excluding hydrogens is 251 g/mol. The zero-order valence-electron chi connectivity index (χ0n) is 10.1. The summed E-state index contributed by atoms with van der Waals surface area (Å²) in [6.07, 6.45) is 0.696. The molecule has 0 spiro atoms. The van der Waals surface area contributed by atoms with Crippen molar-refractivity contribution in [3.05, 3.63) is 46.2 Å². The second-order valence-corrected chi connectivity index (χ2v) is 4.16. The average Bonchev–Trinajstić information content (AvgIpc) is 2.71. The highest BCUT2D eigenvalue weighted by atomic mass is 32.1. The molecule has 0 bridgehead atoms. The van der Waals surface area contributed by atoms with Gasteiger partial charge in [-0.2, -0.15) is 14.9 Å². The van der Waals surface area contributed by atoms with E-state index in [1.807, 2.05) is 6.92 Å². The molecule has 1 aromatic carbocycles. The molecule has 94 valence electrons.